The molecule has 0 saturated carbocycles. The number of carbonyl (C=O) groups is 2. The molecule has 2 rings (SSSR count). The zero-order chi connectivity index (χ0) is 19.1. The SMILES string of the molecule is CC(C)c1ccccc1OCC(=O)N[C@@H](CC(=O)[O-])c1ccc(Cl)cc1. The number of benzene rings is 2. The predicted octanol–water partition coefficient (Wildman–Crippen LogP) is 2.84. The number of aliphatic carboxylic acids is 1. The Morgan fingerprint density at radius 3 is 2.38 bits per heavy atom. The molecule has 0 aliphatic heterocycles. The number of hydrogen-bond acceptors (Lipinski definition) is 4. The van der Waals surface area contributed by atoms with Crippen LogP contribution in [0.15, 0.2) is 48.5 Å². The Kier molecular flexibility index (Phi) is 7.04. The number of carboxylic acid groups (broad SMARTS) is 1. The molecule has 138 valence electrons. The largest absolute Gasteiger partial charge is 0.550 e. The highest BCUT2D eigenvalue weighted by atomic mass is 35.5. The molecule has 1 atom stereocenters. The normalized spacial score (nSPS) is 11.8. The molecule has 2 aromatic rings. The first kappa shape index (κ1) is 19.8. The molecule has 1 amide bonds. The number of amides is 1. The van der Waals surface area contributed by atoms with Crippen LogP contribution in [0.3, 0.4) is 0 Å². The van der Waals surface area contributed by atoms with E-state index in [-0.39, 0.29) is 18.9 Å². The van der Waals surface area contributed by atoms with Crippen LogP contribution in [0.5, 0.6) is 5.75 Å². The Labute approximate surface area is 157 Å². The van der Waals surface area contributed by atoms with E-state index in [2.05, 4.69) is 5.32 Å². The molecule has 0 fully saturated rings. The van der Waals surface area contributed by atoms with Gasteiger partial charge >= 0.3 is 0 Å². The van der Waals surface area contributed by atoms with E-state index >= 15 is 0 Å². The van der Waals surface area contributed by atoms with Gasteiger partial charge in [-0.1, -0.05) is 55.8 Å². The van der Waals surface area contributed by atoms with Crippen molar-refractivity contribution in [2.45, 2.75) is 32.2 Å². The lowest BCUT2D eigenvalue weighted by atomic mass is 10.0. The molecule has 1 N–H and O–H groups in total. The first-order valence-electron chi connectivity index (χ1n) is 8.33. The Balaban J connectivity index is 2.03. The number of carbonyl (C=O) groups excluding carboxylic acids is 2. The van der Waals surface area contributed by atoms with Gasteiger partial charge in [0, 0.05) is 17.4 Å². The van der Waals surface area contributed by atoms with Gasteiger partial charge in [-0.3, -0.25) is 4.79 Å². The van der Waals surface area contributed by atoms with Gasteiger partial charge < -0.3 is 20.0 Å². The second-order valence-corrected chi connectivity index (χ2v) is 6.67. The van der Waals surface area contributed by atoms with Crippen molar-refractivity contribution in [1.82, 2.24) is 5.32 Å². The number of nitrogens with one attached hydrogen (secondary N) is 1. The summed E-state index contributed by atoms with van der Waals surface area (Å²) in [5.41, 5.74) is 1.64. The van der Waals surface area contributed by atoms with Gasteiger partial charge in [-0.15, -0.1) is 0 Å². The van der Waals surface area contributed by atoms with E-state index < -0.39 is 17.9 Å². The highest BCUT2D eigenvalue weighted by molar-refractivity contribution is 6.30. The zero-order valence-corrected chi connectivity index (χ0v) is 15.5. The Morgan fingerprint density at radius 1 is 1.12 bits per heavy atom. The third kappa shape index (κ3) is 5.77. The first-order valence-corrected chi connectivity index (χ1v) is 8.71. The van der Waals surface area contributed by atoms with Crippen LogP contribution in [-0.2, 0) is 9.59 Å². The number of halogens is 1. The second kappa shape index (κ2) is 9.25. The van der Waals surface area contributed by atoms with E-state index in [0.29, 0.717) is 16.3 Å². The molecule has 0 heterocycles. The topological polar surface area (TPSA) is 78.5 Å². The highest BCUT2D eigenvalue weighted by Gasteiger charge is 2.16. The molecule has 0 unspecified atom stereocenters. The summed E-state index contributed by atoms with van der Waals surface area (Å²) in [5.74, 6) is -0.768. The van der Waals surface area contributed by atoms with E-state index in [1.165, 1.54) is 0 Å². The molecule has 0 aliphatic carbocycles. The van der Waals surface area contributed by atoms with Crippen LogP contribution in [0.25, 0.3) is 0 Å². The Morgan fingerprint density at radius 2 is 1.77 bits per heavy atom. The van der Waals surface area contributed by atoms with E-state index in [4.69, 9.17) is 16.3 Å². The van der Waals surface area contributed by atoms with Crippen molar-refractivity contribution >= 4 is 23.5 Å². The molecule has 0 aliphatic rings. The van der Waals surface area contributed by atoms with Crippen LogP contribution in [0.1, 0.15) is 43.4 Å². The summed E-state index contributed by atoms with van der Waals surface area (Å²) >= 11 is 5.85. The summed E-state index contributed by atoms with van der Waals surface area (Å²) in [4.78, 5) is 23.3. The van der Waals surface area contributed by atoms with Crippen molar-refractivity contribution in [3.05, 3.63) is 64.7 Å². The van der Waals surface area contributed by atoms with Gasteiger partial charge in [0.05, 0.1) is 6.04 Å². The summed E-state index contributed by atoms with van der Waals surface area (Å²) in [5, 5.41) is 14.2. The van der Waals surface area contributed by atoms with Crippen molar-refractivity contribution in [1.29, 1.82) is 0 Å². The van der Waals surface area contributed by atoms with Crippen molar-refractivity contribution in [3.63, 3.8) is 0 Å². The van der Waals surface area contributed by atoms with Crippen LogP contribution >= 0.6 is 11.6 Å². The van der Waals surface area contributed by atoms with E-state index in [1.54, 1.807) is 30.3 Å². The maximum atomic E-state index is 12.3. The van der Waals surface area contributed by atoms with Crippen molar-refractivity contribution in [3.8, 4) is 5.75 Å². The minimum Gasteiger partial charge on any atom is -0.550 e. The fourth-order valence-corrected chi connectivity index (χ4v) is 2.71. The van der Waals surface area contributed by atoms with E-state index in [1.807, 2.05) is 32.0 Å². The maximum absolute atomic E-state index is 12.3. The number of para-hydroxylation sites is 1. The first-order chi connectivity index (χ1) is 12.4. The second-order valence-electron chi connectivity index (χ2n) is 6.23. The Bertz CT molecular complexity index is 759. The van der Waals surface area contributed by atoms with E-state index in [0.717, 1.165) is 5.56 Å². The molecule has 0 aromatic heterocycles. The lowest BCUT2D eigenvalue weighted by Gasteiger charge is -2.20. The molecule has 0 bridgehead atoms. The quantitative estimate of drug-likeness (QED) is 0.770. The van der Waals surface area contributed by atoms with E-state index in [9.17, 15) is 14.7 Å². The fourth-order valence-electron chi connectivity index (χ4n) is 2.58. The molecular weight excluding hydrogens is 354 g/mol. The molecule has 0 saturated heterocycles. The van der Waals surface area contributed by atoms with Gasteiger partial charge in [0.2, 0.25) is 0 Å². The lowest BCUT2D eigenvalue weighted by molar-refractivity contribution is -0.306. The zero-order valence-electron chi connectivity index (χ0n) is 14.7. The average molecular weight is 375 g/mol. The van der Waals surface area contributed by atoms with Gasteiger partial charge in [0.25, 0.3) is 5.91 Å². The average Bonchev–Trinajstić information content (AvgIpc) is 2.60. The Hall–Kier alpha value is -2.53. The molecule has 0 radical (unpaired) electrons. The molecule has 26 heavy (non-hydrogen) atoms. The molecule has 0 spiro atoms. The van der Waals surface area contributed by atoms with Crippen LogP contribution < -0.4 is 15.2 Å². The number of rotatable bonds is 8. The van der Waals surface area contributed by atoms with Gasteiger partial charge in [0.15, 0.2) is 6.61 Å². The predicted molar refractivity (Wildman–Crippen MR) is 98.0 cm³/mol. The number of hydrogen-bond donors (Lipinski definition) is 1. The maximum Gasteiger partial charge on any atom is 0.258 e. The summed E-state index contributed by atoms with van der Waals surface area (Å²) in [6.45, 7) is 3.87. The summed E-state index contributed by atoms with van der Waals surface area (Å²) in [6.07, 6.45) is -0.337. The van der Waals surface area contributed by atoms with Crippen LogP contribution in [0.4, 0.5) is 0 Å². The fraction of sp³-hybridized carbons (Fsp3) is 0.300. The minimum absolute atomic E-state index is 0.207. The van der Waals surface area contributed by atoms with Crippen molar-refractivity contribution < 1.29 is 19.4 Å². The van der Waals surface area contributed by atoms with Crippen molar-refractivity contribution in [2.75, 3.05) is 6.61 Å². The summed E-state index contributed by atoms with van der Waals surface area (Å²) in [6, 6.07) is 13.4. The highest BCUT2D eigenvalue weighted by Crippen LogP contribution is 2.26. The summed E-state index contributed by atoms with van der Waals surface area (Å²) in [7, 11) is 0. The number of ether oxygens (including phenoxy) is 1. The van der Waals surface area contributed by atoms with Crippen LogP contribution in [0.2, 0.25) is 5.02 Å². The van der Waals surface area contributed by atoms with Gasteiger partial charge in [-0.2, -0.15) is 0 Å². The third-order valence-corrected chi connectivity index (χ3v) is 4.13. The van der Waals surface area contributed by atoms with Crippen molar-refractivity contribution in [2.24, 2.45) is 0 Å². The third-order valence-electron chi connectivity index (χ3n) is 3.88. The smallest absolute Gasteiger partial charge is 0.258 e. The summed E-state index contributed by atoms with van der Waals surface area (Å²) < 4.78 is 5.62. The van der Waals surface area contributed by atoms with Gasteiger partial charge in [-0.25, -0.2) is 0 Å². The van der Waals surface area contributed by atoms with Gasteiger partial charge in [0.1, 0.15) is 5.75 Å². The standard InChI is InChI=1S/C20H22ClNO4/c1-13(2)16-5-3-4-6-18(16)26-12-19(23)22-17(11-20(24)25)14-7-9-15(21)10-8-14/h3-10,13,17H,11-12H2,1-2H3,(H,22,23)(H,24,25)/p-1/t17-/m0/s1. The lowest BCUT2D eigenvalue weighted by Crippen LogP contribution is -2.36. The molecule has 5 nitrogen and oxygen atoms in total. The van der Waals surface area contributed by atoms with Gasteiger partial charge in [-0.05, 0) is 35.2 Å². The molecule has 2 aromatic carbocycles. The van der Waals surface area contributed by atoms with Crippen LogP contribution in [-0.4, -0.2) is 18.5 Å². The minimum atomic E-state index is -1.25. The van der Waals surface area contributed by atoms with Crippen LogP contribution in [0, 0.1) is 0 Å². The molecular formula is C20H21ClNO4-. The monoisotopic (exact) mass is 374 g/mol. The number of carboxylic acids is 1. The molecule has 6 heteroatoms.